The van der Waals surface area contributed by atoms with Gasteiger partial charge in [0.15, 0.2) is 0 Å². The fourth-order valence-corrected chi connectivity index (χ4v) is 3.16. The molecule has 0 spiro atoms. The van der Waals surface area contributed by atoms with Crippen LogP contribution in [-0.4, -0.2) is 12.1 Å². The Kier molecular flexibility index (Phi) is 5.90. The SMILES string of the molecule is CCC(N)Cc1cccc(OC2CCCCC2CC)c1. The van der Waals surface area contributed by atoms with Crippen LogP contribution in [0.25, 0.3) is 0 Å². The first kappa shape index (κ1) is 15.4. The normalized spacial score (nSPS) is 24.4. The van der Waals surface area contributed by atoms with Gasteiger partial charge in [-0.15, -0.1) is 0 Å². The second kappa shape index (κ2) is 7.68. The average molecular weight is 275 g/mol. The number of hydrogen-bond acceptors (Lipinski definition) is 2. The van der Waals surface area contributed by atoms with Gasteiger partial charge in [-0.1, -0.05) is 32.4 Å². The van der Waals surface area contributed by atoms with Crippen molar-refractivity contribution in [3.63, 3.8) is 0 Å². The van der Waals surface area contributed by atoms with Crippen molar-refractivity contribution in [2.24, 2.45) is 11.7 Å². The van der Waals surface area contributed by atoms with Crippen molar-refractivity contribution in [2.45, 2.75) is 70.9 Å². The first-order chi connectivity index (χ1) is 9.72. The Morgan fingerprint density at radius 1 is 1.25 bits per heavy atom. The van der Waals surface area contributed by atoms with E-state index in [1.165, 1.54) is 37.7 Å². The van der Waals surface area contributed by atoms with Crippen LogP contribution in [0.15, 0.2) is 24.3 Å². The number of hydrogen-bond donors (Lipinski definition) is 1. The van der Waals surface area contributed by atoms with E-state index in [1.807, 2.05) is 0 Å². The highest BCUT2D eigenvalue weighted by molar-refractivity contribution is 5.29. The van der Waals surface area contributed by atoms with E-state index in [0.717, 1.165) is 24.5 Å². The van der Waals surface area contributed by atoms with Crippen LogP contribution in [0.2, 0.25) is 0 Å². The molecule has 2 nitrogen and oxygen atoms in total. The van der Waals surface area contributed by atoms with Gasteiger partial charge in [-0.25, -0.2) is 0 Å². The Bertz CT molecular complexity index is 404. The monoisotopic (exact) mass is 275 g/mol. The fourth-order valence-electron chi connectivity index (χ4n) is 3.16. The lowest BCUT2D eigenvalue weighted by Gasteiger charge is -2.31. The topological polar surface area (TPSA) is 35.2 Å². The van der Waals surface area contributed by atoms with Gasteiger partial charge in [-0.05, 0) is 62.1 Å². The number of benzene rings is 1. The fraction of sp³-hybridized carbons (Fsp3) is 0.667. The largest absolute Gasteiger partial charge is 0.490 e. The molecule has 1 aromatic carbocycles. The van der Waals surface area contributed by atoms with Gasteiger partial charge >= 0.3 is 0 Å². The second-order valence-electron chi connectivity index (χ2n) is 6.13. The van der Waals surface area contributed by atoms with Crippen LogP contribution in [0.1, 0.15) is 57.9 Å². The number of nitrogens with two attached hydrogens (primary N) is 1. The van der Waals surface area contributed by atoms with Crippen LogP contribution >= 0.6 is 0 Å². The van der Waals surface area contributed by atoms with E-state index in [2.05, 4.69) is 38.1 Å². The minimum absolute atomic E-state index is 0.253. The van der Waals surface area contributed by atoms with Gasteiger partial charge in [0, 0.05) is 6.04 Å². The predicted molar refractivity (Wildman–Crippen MR) is 85.1 cm³/mol. The van der Waals surface area contributed by atoms with E-state index in [-0.39, 0.29) is 6.04 Å². The molecular weight excluding hydrogens is 246 g/mol. The molecule has 0 radical (unpaired) electrons. The summed E-state index contributed by atoms with van der Waals surface area (Å²) in [5, 5.41) is 0. The third-order valence-corrected chi connectivity index (χ3v) is 4.57. The highest BCUT2D eigenvalue weighted by Gasteiger charge is 2.25. The molecule has 1 fully saturated rings. The third kappa shape index (κ3) is 4.24. The molecule has 3 atom stereocenters. The molecule has 0 bridgehead atoms. The Morgan fingerprint density at radius 3 is 2.80 bits per heavy atom. The van der Waals surface area contributed by atoms with Gasteiger partial charge in [0.2, 0.25) is 0 Å². The summed E-state index contributed by atoms with van der Waals surface area (Å²) < 4.78 is 6.27. The molecule has 1 aromatic rings. The van der Waals surface area contributed by atoms with Gasteiger partial charge in [-0.2, -0.15) is 0 Å². The lowest BCUT2D eigenvalue weighted by Crippen LogP contribution is -2.30. The summed E-state index contributed by atoms with van der Waals surface area (Å²) in [6, 6.07) is 8.76. The smallest absolute Gasteiger partial charge is 0.120 e. The van der Waals surface area contributed by atoms with Crippen LogP contribution in [-0.2, 0) is 6.42 Å². The van der Waals surface area contributed by atoms with E-state index in [4.69, 9.17) is 10.5 Å². The molecule has 1 saturated carbocycles. The first-order valence-electron chi connectivity index (χ1n) is 8.24. The van der Waals surface area contributed by atoms with Gasteiger partial charge in [0.1, 0.15) is 11.9 Å². The Morgan fingerprint density at radius 2 is 2.05 bits per heavy atom. The molecule has 0 saturated heterocycles. The molecule has 2 N–H and O–H groups in total. The Hall–Kier alpha value is -1.02. The van der Waals surface area contributed by atoms with E-state index in [0.29, 0.717) is 6.10 Å². The molecule has 20 heavy (non-hydrogen) atoms. The van der Waals surface area contributed by atoms with E-state index < -0.39 is 0 Å². The van der Waals surface area contributed by atoms with Crippen LogP contribution in [0, 0.1) is 5.92 Å². The average Bonchev–Trinajstić information content (AvgIpc) is 2.48. The lowest BCUT2D eigenvalue weighted by atomic mass is 9.85. The first-order valence-corrected chi connectivity index (χ1v) is 8.24. The third-order valence-electron chi connectivity index (χ3n) is 4.57. The molecular formula is C18H29NO. The zero-order valence-corrected chi connectivity index (χ0v) is 13.0. The highest BCUT2D eigenvalue weighted by atomic mass is 16.5. The Balaban J connectivity index is 1.99. The van der Waals surface area contributed by atoms with Crippen LogP contribution in [0.5, 0.6) is 5.75 Å². The summed E-state index contributed by atoms with van der Waals surface area (Å²) in [5.74, 6) is 1.75. The summed E-state index contributed by atoms with van der Waals surface area (Å²) >= 11 is 0. The van der Waals surface area contributed by atoms with Crippen molar-refractivity contribution < 1.29 is 4.74 Å². The Labute approximate surface area is 123 Å². The van der Waals surface area contributed by atoms with Crippen molar-refractivity contribution in [2.75, 3.05) is 0 Å². The minimum atomic E-state index is 0.253. The molecule has 2 heteroatoms. The molecule has 0 aromatic heterocycles. The molecule has 1 aliphatic rings. The molecule has 0 heterocycles. The number of rotatable bonds is 6. The summed E-state index contributed by atoms with van der Waals surface area (Å²) in [6.07, 6.45) is 8.79. The van der Waals surface area contributed by atoms with Crippen LogP contribution in [0.3, 0.4) is 0 Å². The van der Waals surface area contributed by atoms with E-state index in [1.54, 1.807) is 0 Å². The zero-order chi connectivity index (χ0) is 14.4. The summed E-state index contributed by atoms with van der Waals surface area (Å²) in [5.41, 5.74) is 7.33. The van der Waals surface area contributed by atoms with Gasteiger partial charge in [-0.3, -0.25) is 0 Å². The van der Waals surface area contributed by atoms with Gasteiger partial charge < -0.3 is 10.5 Å². The van der Waals surface area contributed by atoms with Crippen molar-refractivity contribution in [1.82, 2.24) is 0 Å². The van der Waals surface area contributed by atoms with E-state index >= 15 is 0 Å². The van der Waals surface area contributed by atoms with E-state index in [9.17, 15) is 0 Å². The predicted octanol–water partition coefficient (Wildman–Crippen LogP) is 4.31. The molecule has 112 valence electrons. The van der Waals surface area contributed by atoms with Gasteiger partial charge in [0.05, 0.1) is 0 Å². The summed E-state index contributed by atoms with van der Waals surface area (Å²) in [6.45, 7) is 4.42. The molecule has 0 aliphatic heterocycles. The van der Waals surface area contributed by atoms with Crippen molar-refractivity contribution >= 4 is 0 Å². The van der Waals surface area contributed by atoms with Crippen molar-refractivity contribution in [3.8, 4) is 5.75 Å². The highest BCUT2D eigenvalue weighted by Crippen LogP contribution is 2.30. The molecule has 3 unspecified atom stereocenters. The van der Waals surface area contributed by atoms with Crippen LogP contribution in [0.4, 0.5) is 0 Å². The maximum Gasteiger partial charge on any atom is 0.120 e. The maximum absolute atomic E-state index is 6.27. The minimum Gasteiger partial charge on any atom is -0.490 e. The van der Waals surface area contributed by atoms with Crippen LogP contribution < -0.4 is 10.5 Å². The summed E-state index contributed by atoms with van der Waals surface area (Å²) in [7, 11) is 0. The second-order valence-corrected chi connectivity index (χ2v) is 6.13. The molecule has 0 amide bonds. The van der Waals surface area contributed by atoms with Crippen molar-refractivity contribution in [3.05, 3.63) is 29.8 Å². The molecule has 1 aliphatic carbocycles. The number of ether oxygens (including phenoxy) is 1. The quantitative estimate of drug-likeness (QED) is 0.839. The van der Waals surface area contributed by atoms with Crippen molar-refractivity contribution in [1.29, 1.82) is 0 Å². The standard InChI is InChI=1S/C18H29NO/c1-3-15-9-5-6-11-18(15)20-17-10-7-8-14(13-17)12-16(19)4-2/h7-8,10,13,15-16,18H,3-6,9,11-12,19H2,1-2H3. The maximum atomic E-state index is 6.27. The van der Waals surface area contributed by atoms with Gasteiger partial charge in [0.25, 0.3) is 0 Å². The lowest BCUT2D eigenvalue weighted by molar-refractivity contribution is 0.0903. The molecule has 2 rings (SSSR count). The zero-order valence-electron chi connectivity index (χ0n) is 13.0. The summed E-state index contributed by atoms with van der Waals surface area (Å²) in [4.78, 5) is 0.